The Morgan fingerprint density at radius 3 is 2.32 bits per heavy atom. The number of piperazine rings is 1. The number of aromatic nitrogens is 1. The van der Waals surface area contributed by atoms with Gasteiger partial charge in [-0.2, -0.15) is 4.31 Å². The van der Waals surface area contributed by atoms with Gasteiger partial charge in [0.2, 0.25) is 10.0 Å². The van der Waals surface area contributed by atoms with E-state index < -0.39 is 10.0 Å². The molecule has 1 saturated heterocycles. The standard InChI is InChI=1S/C12H18ClN3O2S/c1-10(2)15-5-7-16(8-6-15)19(17,18)11-3-4-12(13)14-9-11/h3-4,9-10H,5-8H2,1-2H3. The molecule has 0 aliphatic carbocycles. The lowest BCUT2D eigenvalue weighted by Crippen LogP contribution is -2.50. The Labute approximate surface area is 119 Å². The van der Waals surface area contributed by atoms with Crippen molar-refractivity contribution in [1.29, 1.82) is 0 Å². The van der Waals surface area contributed by atoms with E-state index in [2.05, 4.69) is 23.7 Å². The van der Waals surface area contributed by atoms with Gasteiger partial charge in [0.25, 0.3) is 0 Å². The smallest absolute Gasteiger partial charge is 0.244 e. The van der Waals surface area contributed by atoms with Crippen LogP contribution in [0.25, 0.3) is 0 Å². The van der Waals surface area contributed by atoms with Crippen LogP contribution in [-0.4, -0.2) is 54.8 Å². The molecule has 2 heterocycles. The molecule has 1 aliphatic rings. The lowest BCUT2D eigenvalue weighted by atomic mass is 10.3. The topological polar surface area (TPSA) is 53.5 Å². The molecular formula is C12H18ClN3O2S. The van der Waals surface area contributed by atoms with E-state index in [1.165, 1.54) is 22.6 Å². The van der Waals surface area contributed by atoms with Crippen molar-refractivity contribution in [2.45, 2.75) is 24.8 Å². The summed E-state index contributed by atoms with van der Waals surface area (Å²) < 4.78 is 26.3. The van der Waals surface area contributed by atoms with Crippen LogP contribution in [0.15, 0.2) is 23.2 Å². The molecule has 2 rings (SSSR count). The number of pyridine rings is 1. The largest absolute Gasteiger partial charge is 0.298 e. The van der Waals surface area contributed by atoms with Gasteiger partial charge in [0.1, 0.15) is 10.0 Å². The first kappa shape index (κ1) is 14.7. The molecular weight excluding hydrogens is 286 g/mol. The Bertz CT molecular complexity index is 522. The number of hydrogen-bond acceptors (Lipinski definition) is 4. The van der Waals surface area contributed by atoms with E-state index in [1.54, 1.807) is 0 Å². The molecule has 106 valence electrons. The third kappa shape index (κ3) is 3.25. The van der Waals surface area contributed by atoms with Gasteiger partial charge in [0.05, 0.1) is 0 Å². The van der Waals surface area contributed by atoms with Gasteiger partial charge < -0.3 is 0 Å². The molecule has 0 amide bonds. The lowest BCUT2D eigenvalue weighted by Gasteiger charge is -2.36. The van der Waals surface area contributed by atoms with E-state index in [1.807, 2.05) is 0 Å². The van der Waals surface area contributed by atoms with Gasteiger partial charge in [0.15, 0.2) is 0 Å². The monoisotopic (exact) mass is 303 g/mol. The number of hydrogen-bond donors (Lipinski definition) is 0. The SMILES string of the molecule is CC(C)N1CCN(S(=O)(=O)c2ccc(Cl)nc2)CC1. The molecule has 0 spiro atoms. The normalized spacial score (nSPS) is 18.9. The van der Waals surface area contributed by atoms with Crippen LogP contribution in [-0.2, 0) is 10.0 Å². The van der Waals surface area contributed by atoms with Crippen LogP contribution in [0.1, 0.15) is 13.8 Å². The first-order valence-corrected chi connectivity index (χ1v) is 8.09. The van der Waals surface area contributed by atoms with Crippen molar-refractivity contribution in [3.63, 3.8) is 0 Å². The fourth-order valence-corrected chi connectivity index (χ4v) is 3.60. The molecule has 0 saturated carbocycles. The molecule has 5 nitrogen and oxygen atoms in total. The first-order chi connectivity index (χ1) is 8.91. The number of nitrogens with zero attached hydrogens (tertiary/aromatic N) is 3. The van der Waals surface area contributed by atoms with E-state index in [0.29, 0.717) is 24.3 Å². The molecule has 0 radical (unpaired) electrons. The minimum atomic E-state index is -3.44. The third-order valence-electron chi connectivity index (χ3n) is 3.34. The van der Waals surface area contributed by atoms with Crippen LogP contribution in [0, 0.1) is 0 Å². The zero-order chi connectivity index (χ0) is 14.0. The van der Waals surface area contributed by atoms with Crippen LogP contribution in [0.3, 0.4) is 0 Å². The molecule has 1 aromatic heterocycles. The van der Waals surface area contributed by atoms with Crippen molar-refractivity contribution in [3.8, 4) is 0 Å². The maximum Gasteiger partial charge on any atom is 0.244 e. The van der Waals surface area contributed by atoms with Gasteiger partial charge in [-0.3, -0.25) is 4.90 Å². The fourth-order valence-electron chi connectivity index (χ4n) is 2.12. The van der Waals surface area contributed by atoms with Crippen molar-refractivity contribution in [3.05, 3.63) is 23.5 Å². The maximum atomic E-state index is 12.4. The van der Waals surface area contributed by atoms with Gasteiger partial charge >= 0.3 is 0 Å². The van der Waals surface area contributed by atoms with E-state index in [-0.39, 0.29) is 4.90 Å². The average Bonchev–Trinajstić information content (AvgIpc) is 2.39. The fraction of sp³-hybridized carbons (Fsp3) is 0.583. The molecule has 0 aromatic carbocycles. The summed E-state index contributed by atoms with van der Waals surface area (Å²) >= 11 is 5.68. The zero-order valence-electron chi connectivity index (χ0n) is 11.1. The summed E-state index contributed by atoms with van der Waals surface area (Å²) in [5.41, 5.74) is 0. The van der Waals surface area contributed by atoms with E-state index >= 15 is 0 Å². The molecule has 0 N–H and O–H groups in total. The lowest BCUT2D eigenvalue weighted by molar-refractivity contribution is 0.154. The van der Waals surface area contributed by atoms with Crippen molar-refractivity contribution in [1.82, 2.24) is 14.2 Å². The van der Waals surface area contributed by atoms with Crippen molar-refractivity contribution < 1.29 is 8.42 Å². The van der Waals surface area contributed by atoms with Crippen molar-refractivity contribution >= 4 is 21.6 Å². The van der Waals surface area contributed by atoms with Crippen LogP contribution in [0.5, 0.6) is 0 Å². The first-order valence-electron chi connectivity index (χ1n) is 6.27. The summed E-state index contributed by atoms with van der Waals surface area (Å²) in [5.74, 6) is 0. The minimum absolute atomic E-state index is 0.204. The summed E-state index contributed by atoms with van der Waals surface area (Å²) in [5, 5.41) is 0.295. The van der Waals surface area contributed by atoms with Crippen LogP contribution in [0.2, 0.25) is 5.15 Å². The summed E-state index contributed by atoms with van der Waals surface area (Å²) in [6, 6.07) is 3.44. The van der Waals surface area contributed by atoms with E-state index in [4.69, 9.17) is 11.6 Å². The Morgan fingerprint density at radius 2 is 1.84 bits per heavy atom. The summed E-state index contributed by atoms with van der Waals surface area (Å²) in [7, 11) is -3.44. The number of rotatable bonds is 3. The molecule has 1 fully saturated rings. The zero-order valence-corrected chi connectivity index (χ0v) is 12.7. The summed E-state index contributed by atoms with van der Waals surface area (Å²) in [4.78, 5) is 6.31. The van der Waals surface area contributed by atoms with Gasteiger partial charge in [-0.05, 0) is 26.0 Å². The minimum Gasteiger partial charge on any atom is -0.298 e. The molecule has 19 heavy (non-hydrogen) atoms. The highest BCUT2D eigenvalue weighted by Crippen LogP contribution is 2.18. The summed E-state index contributed by atoms with van der Waals surface area (Å²) in [6.07, 6.45) is 1.31. The highest BCUT2D eigenvalue weighted by atomic mass is 35.5. The Hall–Kier alpha value is -0.690. The Kier molecular flexibility index (Phi) is 4.45. The highest BCUT2D eigenvalue weighted by Gasteiger charge is 2.29. The van der Waals surface area contributed by atoms with Crippen molar-refractivity contribution in [2.24, 2.45) is 0 Å². The average molecular weight is 304 g/mol. The molecule has 1 aromatic rings. The second-order valence-electron chi connectivity index (χ2n) is 4.85. The maximum absolute atomic E-state index is 12.4. The third-order valence-corrected chi connectivity index (χ3v) is 5.45. The van der Waals surface area contributed by atoms with Crippen molar-refractivity contribution in [2.75, 3.05) is 26.2 Å². The van der Waals surface area contributed by atoms with Gasteiger partial charge in [0, 0.05) is 38.4 Å². The van der Waals surface area contributed by atoms with Crippen LogP contribution < -0.4 is 0 Å². The Morgan fingerprint density at radius 1 is 1.21 bits per heavy atom. The Balaban J connectivity index is 2.12. The van der Waals surface area contributed by atoms with Gasteiger partial charge in [-0.1, -0.05) is 11.6 Å². The molecule has 0 unspecified atom stereocenters. The highest BCUT2D eigenvalue weighted by molar-refractivity contribution is 7.89. The van der Waals surface area contributed by atoms with E-state index in [0.717, 1.165) is 13.1 Å². The van der Waals surface area contributed by atoms with Crippen LogP contribution in [0.4, 0.5) is 0 Å². The summed E-state index contributed by atoms with van der Waals surface area (Å²) in [6.45, 7) is 6.79. The van der Waals surface area contributed by atoms with Gasteiger partial charge in [-0.15, -0.1) is 0 Å². The number of sulfonamides is 1. The second-order valence-corrected chi connectivity index (χ2v) is 7.18. The molecule has 1 aliphatic heterocycles. The molecule has 0 bridgehead atoms. The van der Waals surface area contributed by atoms with Crippen LogP contribution >= 0.6 is 11.6 Å². The predicted octanol–water partition coefficient (Wildman–Crippen LogP) is 1.45. The second kappa shape index (κ2) is 5.75. The number of halogens is 1. The van der Waals surface area contributed by atoms with E-state index in [9.17, 15) is 8.42 Å². The predicted molar refractivity (Wildman–Crippen MR) is 74.7 cm³/mol. The molecule has 7 heteroatoms. The quantitative estimate of drug-likeness (QED) is 0.793. The molecule has 0 atom stereocenters. The van der Waals surface area contributed by atoms with Gasteiger partial charge in [-0.25, -0.2) is 13.4 Å².